The number of nitrogens with zero attached hydrogens (tertiary/aromatic N) is 6. The molecule has 5 heterocycles. The molecule has 3 saturated carbocycles. The maximum Gasteiger partial charge on any atom is 0.229 e. The second-order valence-corrected chi connectivity index (χ2v) is 14.0. The van der Waals surface area contributed by atoms with Crippen LogP contribution in [0, 0.1) is 11.3 Å². The first-order chi connectivity index (χ1) is 21.0. The molecule has 0 unspecified atom stereocenters. The van der Waals surface area contributed by atoms with Crippen molar-refractivity contribution >= 4 is 40.5 Å². The molecule has 220 valence electrons. The van der Waals surface area contributed by atoms with Gasteiger partial charge >= 0.3 is 0 Å². The van der Waals surface area contributed by atoms with Crippen LogP contribution in [0.2, 0.25) is 5.02 Å². The first-order valence-corrected chi connectivity index (χ1v) is 16.0. The standard InChI is InChI=1S/C33H35ClN8O/c34-23-3-1-2-21(8-23)26-10-27(26)32(43)39-30-11-29(36-19-37-30)35-12-24-14-40-13-22(20-4-5-20)9-28(31(40)38-24)42-17-33(18-42)15-41(16-33)25-6-7-25/h1-3,8-9,11,13-14,19-20,25-27H,4-7,10,12,15-18H2,(H2,35,36,37,39,43)/t26-,27+/m1/s1. The molecule has 1 amide bonds. The Morgan fingerprint density at radius 2 is 1.81 bits per heavy atom. The van der Waals surface area contributed by atoms with Gasteiger partial charge in [0, 0.05) is 67.0 Å². The Hall–Kier alpha value is -3.69. The van der Waals surface area contributed by atoms with Gasteiger partial charge in [-0.15, -0.1) is 0 Å². The number of likely N-dealkylation sites (tertiary alicyclic amines) is 1. The van der Waals surface area contributed by atoms with E-state index in [9.17, 15) is 4.79 Å². The van der Waals surface area contributed by atoms with Crippen LogP contribution < -0.4 is 15.5 Å². The van der Waals surface area contributed by atoms with Crippen LogP contribution >= 0.6 is 11.6 Å². The van der Waals surface area contributed by atoms with Crippen molar-refractivity contribution in [3.63, 3.8) is 0 Å². The summed E-state index contributed by atoms with van der Waals surface area (Å²) in [7, 11) is 0. The van der Waals surface area contributed by atoms with Crippen LogP contribution in [0.4, 0.5) is 17.3 Å². The van der Waals surface area contributed by atoms with Crippen LogP contribution in [-0.4, -0.2) is 62.4 Å². The molecule has 2 saturated heterocycles. The molecule has 43 heavy (non-hydrogen) atoms. The van der Waals surface area contributed by atoms with E-state index in [2.05, 4.69) is 53.3 Å². The number of fused-ring (bicyclic) bond motifs is 1. The minimum Gasteiger partial charge on any atom is -0.367 e. The summed E-state index contributed by atoms with van der Waals surface area (Å²) >= 11 is 6.14. The van der Waals surface area contributed by atoms with E-state index in [1.165, 1.54) is 56.4 Å². The largest absolute Gasteiger partial charge is 0.367 e. The summed E-state index contributed by atoms with van der Waals surface area (Å²) in [6.45, 7) is 5.33. The van der Waals surface area contributed by atoms with Crippen molar-refractivity contribution in [1.29, 1.82) is 0 Å². The van der Waals surface area contributed by atoms with Gasteiger partial charge in [-0.05, 0) is 73.3 Å². The van der Waals surface area contributed by atoms with Crippen LogP contribution in [0.3, 0.4) is 0 Å². The molecule has 9 rings (SSSR count). The molecule has 3 aliphatic carbocycles. The van der Waals surface area contributed by atoms with E-state index in [1.807, 2.05) is 24.3 Å². The van der Waals surface area contributed by atoms with Crippen LogP contribution in [0.25, 0.3) is 5.65 Å². The number of halogens is 1. The predicted octanol–water partition coefficient (Wildman–Crippen LogP) is 5.29. The maximum absolute atomic E-state index is 12.9. The molecule has 2 atom stereocenters. The van der Waals surface area contributed by atoms with E-state index in [-0.39, 0.29) is 17.7 Å². The highest BCUT2D eigenvalue weighted by Gasteiger charge is 2.55. The minimum absolute atomic E-state index is 0.0242. The van der Waals surface area contributed by atoms with Gasteiger partial charge in [-0.3, -0.25) is 9.69 Å². The summed E-state index contributed by atoms with van der Waals surface area (Å²) in [5.74, 6) is 1.94. The third-order valence-corrected chi connectivity index (χ3v) is 10.2. The third kappa shape index (κ3) is 4.92. The number of rotatable bonds is 9. The van der Waals surface area contributed by atoms with Crippen molar-refractivity contribution in [3.05, 3.63) is 77.0 Å². The van der Waals surface area contributed by atoms with Crippen LogP contribution in [0.1, 0.15) is 60.8 Å². The second kappa shape index (κ2) is 9.66. The van der Waals surface area contributed by atoms with E-state index in [0.717, 1.165) is 42.5 Å². The smallest absolute Gasteiger partial charge is 0.229 e. The van der Waals surface area contributed by atoms with Crippen molar-refractivity contribution in [2.45, 2.75) is 56.5 Å². The molecular weight excluding hydrogens is 560 g/mol. The number of benzene rings is 1. The monoisotopic (exact) mass is 594 g/mol. The molecule has 5 aliphatic rings. The summed E-state index contributed by atoms with van der Waals surface area (Å²) in [5.41, 5.74) is 6.28. The molecule has 9 nitrogen and oxygen atoms in total. The number of hydrogen-bond acceptors (Lipinski definition) is 7. The first-order valence-electron chi connectivity index (χ1n) is 15.6. The quantitative estimate of drug-likeness (QED) is 0.272. The van der Waals surface area contributed by atoms with Gasteiger partial charge in [0.15, 0.2) is 5.65 Å². The van der Waals surface area contributed by atoms with Crippen molar-refractivity contribution in [3.8, 4) is 0 Å². The lowest BCUT2D eigenvalue weighted by Gasteiger charge is -2.61. The summed E-state index contributed by atoms with van der Waals surface area (Å²) in [6, 6.07) is 12.8. The first kappa shape index (κ1) is 25.8. The fourth-order valence-corrected chi connectivity index (χ4v) is 7.47. The summed E-state index contributed by atoms with van der Waals surface area (Å²) in [4.78, 5) is 31.9. The Labute approximate surface area is 255 Å². The van der Waals surface area contributed by atoms with Gasteiger partial charge in [0.25, 0.3) is 0 Å². The highest BCUT2D eigenvalue weighted by atomic mass is 35.5. The Morgan fingerprint density at radius 1 is 0.977 bits per heavy atom. The van der Waals surface area contributed by atoms with Crippen molar-refractivity contribution in [1.82, 2.24) is 24.3 Å². The maximum atomic E-state index is 12.9. The van der Waals surface area contributed by atoms with E-state index in [4.69, 9.17) is 16.6 Å². The fraction of sp³-hybridized carbons (Fsp3) is 0.455. The van der Waals surface area contributed by atoms with Crippen LogP contribution in [0.5, 0.6) is 0 Å². The van der Waals surface area contributed by atoms with Gasteiger partial charge in [0.2, 0.25) is 5.91 Å². The Balaban J connectivity index is 0.865. The lowest BCUT2D eigenvalue weighted by Crippen LogP contribution is -2.72. The number of anilines is 3. The van der Waals surface area contributed by atoms with Crippen LogP contribution in [-0.2, 0) is 11.3 Å². The van der Waals surface area contributed by atoms with E-state index in [0.29, 0.717) is 34.5 Å². The van der Waals surface area contributed by atoms with E-state index in [1.54, 1.807) is 6.07 Å². The molecule has 2 aliphatic heterocycles. The zero-order valence-electron chi connectivity index (χ0n) is 24.0. The molecular formula is C33H35ClN8O. The van der Waals surface area contributed by atoms with Gasteiger partial charge in [-0.2, -0.15) is 0 Å². The number of imidazole rings is 1. The van der Waals surface area contributed by atoms with Gasteiger partial charge in [-0.1, -0.05) is 23.7 Å². The van der Waals surface area contributed by atoms with Gasteiger partial charge in [0.05, 0.1) is 17.9 Å². The molecule has 0 bridgehead atoms. The number of aromatic nitrogens is 4. The summed E-state index contributed by atoms with van der Waals surface area (Å²) in [5, 5.41) is 7.06. The van der Waals surface area contributed by atoms with E-state index >= 15 is 0 Å². The number of amides is 1. The topological polar surface area (TPSA) is 90.7 Å². The number of nitrogens with one attached hydrogen (secondary N) is 2. The highest BCUT2D eigenvalue weighted by molar-refractivity contribution is 6.30. The highest BCUT2D eigenvalue weighted by Crippen LogP contribution is 2.49. The second-order valence-electron chi connectivity index (χ2n) is 13.5. The zero-order valence-corrected chi connectivity index (χ0v) is 24.8. The SMILES string of the molecule is O=C(Nc1cc(NCc2cn3cc(C4CC4)cc(N4CC5(C4)CN(C4CC4)C5)c3n2)ncn1)[C@H]1C[C@@H]1c1cccc(Cl)c1. The minimum atomic E-state index is -0.0692. The predicted molar refractivity (Wildman–Crippen MR) is 167 cm³/mol. The Morgan fingerprint density at radius 3 is 2.60 bits per heavy atom. The molecule has 10 heteroatoms. The number of carbonyl (C=O) groups excluding carboxylic acids is 1. The third-order valence-electron chi connectivity index (χ3n) is 9.96. The van der Waals surface area contributed by atoms with Crippen LogP contribution in [0.15, 0.2) is 55.1 Å². The van der Waals surface area contributed by atoms with Crippen molar-refractivity contribution < 1.29 is 4.79 Å². The van der Waals surface area contributed by atoms with Gasteiger partial charge in [-0.25, -0.2) is 15.0 Å². The molecule has 2 N–H and O–H groups in total. The average molecular weight is 595 g/mol. The normalized spacial score (nSPS) is 24.1. The molecule has 1 aromatic carbocycles. The summed E-state index contributed by atoms with van der Waals surface area (Å²) in [6.07, 6.45) is 12.1. The molecule has 0 radical (unpaired) electrons. The molecule has 4 aromatic rings. The van der Waals surface area contributed by atoms with Crippen molar-refractivity contribution in [2.75, 3.05) is 41.7 Å². The Bertz CT molecular complexity index is 1730. The van der Waals surface area contributed by atoms with Gasteiger partial charge in [0.1, 0.15) is 18.0 Å². The molecule has 1 spiro atoms. The molecule has 5 fully saturated rings. The molecule has 3 aromatic heterocycles. The number of pyridine rings is 1. The Kier molecular flexibility index (Phi) is 5.79. The lowest BCUT2D eigenvalue weighted by atomic mass is 9.72. The number of carbonyl (C=O) groups is 1. The van der Waals surface area contributed by atoms with Crippen molar-refractivity contribution in [2.24, 2.45) is 11.3 Å². The summed E-state index contributed by atoms with van der Waals surface area (Å²) < 4.78 is 2.22. The van der Waals surface area contributed by atoms with Gasteiger partial charge < -0.3 is 19.9 Å². The lowest BCUT2D eigenvalue weighted by molar-refractivity contribution is -0.117. The zero-order chi connectivity index (χ0) is 28.7. The van der Waals surface area contributed by atoms with E-state index < -0.39 is 0 Å². The number of hydrogen-bond donors (Lipinski definition) is 2. The fourth-order valence-electron chi connectivity index (χ4n) is 7.27. The average Bonchev–Trinajstić information content (AvgIpc) is 3.82.